The van der Waals surface area contributed by atoms with Crippen LogP contribution in [0.3, 0.4) is 0 Å². The molecule has 2 fully saturated rings. The van der Waals surface area contributed by atoms with Crippen LogP contribution in [0.4, 0.5) is 15.8 Å². The molecule has 3 atom stereocenters. The van der Waals surface area contributed by atoms with E-state index in [1.807, 2.05) is 19.9 Å². The molecule has 34 heavy (non-hydrogen) atoms. The van der Waals surface area contributed by atoms with Crippen LogP contribution in [0.15, 0.2) is 48.5 Å². The Balaban J connectivity index is 1.43. The summed E-state index contributed by atoms with van der Waals surface area (Å²) in [6, 6.07) is 15.5. The van der Waals surface area contributed by atoms with Gasteiger partial charge in [-0.05, 0) is 42.5 Å². The molecule has 7 heteroatoms. The van der Waals surface area contributed by atoms with Gasteiger partial charge in [-0.1, -0.05) is 51.1 Å². The molecule has 2 aromatic rings. The fourth-order valence-corrected chi connectivity index (χ4v) is 6.04. The van der Waals surface area contributed by atoms with Crippen molar-refractivity contribution in [3.8, 4) is 0 Å². The number of piperazine rings is 1. The van der Waals surface area contributed by atoms with Gasteiger partial charge in [0.25, 0.3) is 0 Å². The number of carbonyl (C=O) groups is 1. The monoisotopic (exact) mass is 505 g/mol. The van der Waals surface area contributed by atoms with E-state index in [0.29, 0.717) is 24.5 Å². The van der Waals surface area contributed by atoms with E-state index in [9.17, 15) is 4.79 Å². The van der Waals surface area contributed by atoms with E-state index in [2.05, 4.69) is 46.3 Å². The highest BCUT2D eigenvalue weighted by Crippen LogP contribution is 2.65. The highest BCUT2D eigenvalue weighted by Gasteiger charge is 2.64. The van der Waals surface area contributed by atoms with Crippen LogP contribution in [-0.2, 0) is 4.79 Å². The van der Waals surface area contributed by atoms with Gasteiger partial charge in [-0.25, -0.2) is 4.39 Å². The number of anilines is 2. The Labute approximate surface area is 212 Å². The predicted octanol–water partition coefficient (Wildman–Crippen LogP) is 6.50. The lowest BCUT2D eigenvalue weighted by atomic mass is 9.98. The van der Waals surface area contributed by atoms with Gasteiger partial charge in [0.2, 0.25) is 5.91 Å². The lowest BCUT2D eigenvalue weighted by Gasteiger charge is -2.41. The molecule has 1 heterocycles. The van der Waals surface area contributed by atoms with Crippen molar-refractivity contribution in [2.45, 2.75) is 44.0 Å². The lowest BCUT2D eigenvalue weighted by Crippen LogP contribution is -2.48. The molecule has 0 radical (unpaired) electrons. The summed E-state index contributed by atoms with van der Waals surface area (Å²) in [5.41, 5.74) is 2.30. The third-order valence-electron chi connectivity index (χ3n) is 7.58. The average Bonchev–Trinajstić information content (AvgIpc) is 3.32. The topological polar surface area (TPSA) is 35.6 Å². The molecule has 0 aromatic heterocycles. The molecule has 2 aliphatic rings. The highest BCUT2D eigenvalue weighted by molar-refractivity contribution is 6.51. The minimum absolute atomic E-state index is 0.0535. The maximum atomic E-state index is 15.0. The molecule has 184 valence electrons. The summed E-state index contributed by atoms with van der Waals surface area (Å²) >= 11 is 13.2. The number of alkyl halides is 2. The highest BCUT2D eigenvalue weighted by atomic mass is 35.5. The second-order valence-corrected chi connectivity index (χ2v) is 11.0. The zero-order valence-electron chi connectivity index (χ0n) is 20.1. The predicted molar refractivity (Wildman–Crippen MR) is 139 cm³/mol. The van der Waals surface area contributed by atoms with Gasteiger partial charge in [-0.15, -0.1) is 23.2 Å². The number of nitrogens with zero attached hydrogens (tertiary/aromatic N) is 2. The number of carbonyl (C=O) groups excluding carboxylic acids is 1. The van der Waals surface area contributed by atoms with Crippen molar-refractivity contribution < 1.29 is 9.18 Å². The summed E-state index contributed by atoms with van der Waals surface area (Å²) in [4.78, 5) is 16.9. The van der Waals surface area contributed by atoms with Gasteiger partial charge in [0, 0.05) is 49.7 Å². The van der Waals surface area contributed by atoms with Crippen LogP contribution in [-0.4, -0.2) is 41.3 Å². The van der Waals surface area contributed by atoms with Gasteiger partial charge in [0.1, 0.15) is 10.2 Å². The fraction of sp³-hybridized carbons (Fsp3) is 0.519. The summed E-state index contributed by atoms with van der Waals surface area (Å²) in [5, 5.41) is 2.86. The molecular formula is C27H34Cl2FN3O. The van der Waals surface area contributed by atoms with E-state index < -0.39 is 4.33 Å². The van der Waals surface area contributed by atoms with Crippen LogP contribution < -0.4 is 10.2 Å². The third kappa shape index (κ3) is 5.07. The standard InChI is InChI=1S/C27H34Cl2FN3O/c1-4-19(5-2)26(34)31-21-11-12-23(22(30)17-21)32-13-15-33(16-14-32)25(20-9-7-6-8-10-20)24-18(3)27(24,28)29/h6-12,17-19,24-25H,4-5,13-16H2,1-3H3,(H,31,34). The molecule has 0 bridgehead atoms. The summed E-state index contributed by atoms with van der Waals surface area (Å²) in [7, 11) is 0. The van der Waals surface area contributed by atoms with Crippen molar-refractivity contribution in [3.05, 3.63) is 59.9 Å². The first kappa shape index (κ1) is 25.3. The maximum Gasteiger partial charge on any atom is 0.227 e. The molecule has 4 nitrogen and oxygen atoms in total. The van der Waals surface area contributed by atoms with Crippen molar-refractivity contribution in [2.24, 2.45) is 17.8 Å². The van der Waals surface area contributed by atoms with Crippen LogP contribution in [0, 0.1) is 23.6 Å². The first-order valence-corrected chi connectivity index (χ1v) is 13.1. The van der Waals surface area contributed by atoms with Crippen molar-refractivity contribution in [1.29, 1.82) is 0 Å². The van der Waals surface area contributed by atoms with Crippen molar-refractivity contribution in [1.82, 2.24) is 4.90 Å². The Morgan fingerprint density at radius 2 is 1.71 bits per heavy atom. The number of benzene rings is 2. The number of halogens is 3. The molecule has 1 saturated heterocycles. The van der Waals surface area contributed by atoms with E-state index in [-0.39, 0.29) is 35.5 Å². The van der Waals surface area contributed by atoms with Crippen molar-refractivity contribution in [2.75, 3.05) is 36.4 Å². The fourth-order valence-electron chi connectivity index (χ4n) is 5.28. The van der Waals surface area contributed by atoms with E-state index in [1.54, 1.807) is 12.1 Å². The van der Waals surface area contributed by atoms with Crippen LogP contribution in [0.5, 0.6) is 0 Å². The zero-order valence-corrected chi connectivity index (χ0v) is 21.6. The van der Waals surface area contributed by atoms with Crippen LogP contribution in [0.25, 0.3) is 0 Å². The summed E-state index contributed by atoms with van der Waals surface area (Å²) in [5.74, 6) is -0.0329. The SMILES string of the molecule is CCC(CC)C(=O)Nc1ccc(N2CCN(C(c3ccccc3)C3C(C)C3(Cl)Cl)CC2)c(F)c1. The number of amides is 1. The van der Waals surface area contributed by atoms with Gasteiger partial charge in [0.05, 0.1) is 5.69 Å². The number of hydrogen-bond acceptors (Lipinski definition) is 3. The summed E-state index contributed by atoms with van der Waals surface area (Å²) in [6.07, 6.45) is 1.54. The van der Waals surface area contributed by atoms with Gasteiger partial charge in [0.15, 0.2) is 0 Å². The van der Waals surface area contributed by atoms with E-state index >= 15 is 4.39 Å². The first-order chi connectivity index (χ1) is 16.3. The zero-order chi connectivity index (χ0) is 24.5. The Kier molecular flexibility index (Phi) is 7.75. The molecule has 1 saturated carbocycles. The number of nitrogens with one attached hydrogen (secondary N) is 1. The lowest BCUT2D eigenvalue weighted by molar-refractivity contribution is -0.120. The van der Waals surface area contributed by atoms with E-state index in [1.165, 1.54) is 11.6 Å². The quantitative estimate of drug-likeness (QED) is 0.415. The Bertz CT molecular complexity index is 991. The minimum Gasteiger partial charge on any atom is -0.367 e. The van der Waals surface area contributed by atoms with Crippen LogP contribution >= 0.6 is 23.2 Å². The van der Waals surface area contributed by atoms with Crippen molar-refractivity contribution in [3.63, 3.8) is 0 Å². The van der Waals surface area contributed by atoms with E-state index in [0.717, 1.165) is 25.9 Å². The van der Waals surface area contributed by atoms with Gasteiger partial charge < -0.3 is 10.2 Å². The summed E-state index contributed by atoms with van der Waals surface area (Å²) in [6.45, 7) is 9.08. The van der Waals surface area contributed by atoms with Gasteiger partial charge in [-0.3, -0.25) is 9.69 Å². The van der Waals surface area contributed by atoms with Gasteiger partial charge in [-0.2, -0.15) is 0 Å². The molecular weight excluding hydrogens is 472 g/mol. The van der Waals surface area contributed by atoms with Gasteiger partial charge >= 0.3 is 0 Å². The van der Waals surface area contributed by atoms with Crippen LogP contribution in [0.1, 0.15) is 45.2 Å². The third-order valence-corrected chi connectivity index (χ3v) is 8.77. The molecule has 1 aliphatic heterocycles. The number of hydrogen-bond donors (Lipinski definition) is 1. The number of rotatable bonds is 8. The normalized spacial score (nSPS) is 23.1. The smallest absolute Gasteiger partial charge is 0.227 e. The molecule has 1 N–H and O–H groups in total. The molecule has 0 spiro atoms. The molecule has 3 unspecified atom stereocenters. The molecule has 1 amide bonds. The second-order valence-electron chi connectivity index (χ2n) is 9.54. The second kappa shape index (κ2) is 10.4. The molecule has 2 aromatic carbocycles. The Morgan fingerprint density at radius 1 is 1.09 bits per heavy atom. The first-order valence-electron chi connectivity index (χ1n) is 12.3. The molecule has 4 rings (SSSR count). The minimum atomic E-state index is -0.710. The largest absolute Gasteiger partial charge is 0.367 e. The van der Waals surface area contributed by atoms with Crippen LogP contribution in [0.2, 0.25) is 0 Å². The van der Waals surface area contributed by atoms with Crippen molar-refractivity contribution >= 4 is 40.5 Å². The Hall–Kier alpha value is -1.82. The molecule has 1 aliphatic carbocycles. The average molecular weight is 506 g/mol. The van der Waals surface area contributed by atoms with E-state index in [4.69, 9.17) is 23.2 Å². The maximum absolute atomic E-state index is 15.0. The summed E-state index contributed by atoms with van der Waals surface area (Å²) < 4.78 is 14.3. The Morgan fingerprint density at radius 3 is 2.24 bits per heavy atom.